The molecular weight excluding hydrogens is 278 g/mol. The second-order valence-corrected chi connectivity index (χ2v) is 7.40. The van der Waals surface area contributed by atoms with Crippen molar-refractivity contribution >= 4 is 17.5 Å². The maximum atomic E-state index is 12.2. The summed E-state index contributed by atoms with van der Waals surface area (Å²) in [7, 11) is 0. The van der Waals surface area contributed by atoms with E-state index >= 15 is 0 Å². The zero-order chi connectivity index (χ0) is 15.9. The van der Waals surface area contributed by atoms with Crippen molar-refractivity contribution < 1.29 is 9.53 Å². The summed E-state index contributed by atoms with van der Waals surface area (Å²) in [4.78, 5) is 16.4. The molecule has 2 atom stereocenters. The SMILES string of the molecule is CC(C)(C)OC(=O)N1CC2CN(c3ccc(N)cc3)CC2C1. The Kier molecular flexibility index (Phi) is 3.67. The predicted octanol–water partition coefficient (Wildman–Crippen LogP) is 2.57. The summed E-state index contributed by atoms with van der Waals surface area (Å²) in [5.74, 6) is 1.06. The van der Waals surface area contributed by atoms with Crippen LogP contribution in [0.2, 0.25) is 0 Å². The first kappa shape index (κ1) is 15.0. The van der Waals surface area contributed by atoms with Crippen molar-refractivity contribution in [1.29, 1.82) is 0 Å². The number of likely N-dealkylation sites (tertiary alicyclic amines) is 1. The quantitative estimate of drug-likeness (QED) is 0.810. The van der Waals surface area contributed by atoms with Gasteiger partial charge in [-0.25, -0.2) is 4.79 Å². The minimum Gasteiger partial charge on any atom is -0.444 e. The van der Waals surface area contributed by atoms with Gasteiger partial charge in [0.05, 0.1) is 0 Å². The predicted molar refractivity (Wildman–Crippen MR) is 87.9 cm³/mol. The van der Waals surface area contributed by atoms with Crippen LogP contribution in [-0.4, -0.2) is 42.8 Å². The molecule has 1 aromatic rings. The number of nitrogen functional groups attached to an aromatic ring is 1. The van der Waals surface area contributed by atoms with Gasteiger partial charge in [0.2, 0.25) is 0 Å². The molecule has 2 unspecified atom stereocenters. The summed E-state index contributed by atoms with van der Waals surface area (Å²) in [6.45, 7) is 9.30. The van der Waals surface area contributed by atoms with E-state index in [1.807, 2.05) is 37.8 Å². The van der Waals surface area contributed by atoms with Crippen LogP contribution >= 0.6 is 0 Å². The van der Waals surface area contributed by atoms with Gasteiger partial charge in [0, 0.05) is 49.4 Å². The van der Waals surface area contributed by atoms with E-state index < -0.39 is 5.60 Å². The summed E-state index contributed by atoms with van der Waals surface area (Å²) in [6.07, 6.45) is -0.180. The number of hydrogen-bond acceptors (Lipinski definition) is 4. The fraction of sp³-hybridized carbons (Fsp3) is 0.588. The normalized spacial score (nSPS) is 24.5. The van der Waals surface area contributed by atoms with Gasteiger partial charge in [-0.15, -0.1) is 0 Å². The highest BCUT2D eigenvalue weighted by Gasteiger charge is 2.42. The lowest BCUT2D eigenvalue weighted by Crippen LogP contribution is -2.37. The third-order valence-corrected chi connectivity index (χ3v) is 4.40. The molecule has 2 fully saturated rings. The fourth-order valence-electron chi connectivity index (χ4n) is 3.36. The van der Waals surface area contributed by atoms with Gasteiger partial charge >= 0.3 is 6.09 Å². The summed E-state index contributed by atoms with van der Waals surface area (Å²) >= 11 is 0. The highest BCUT2D eigenvalue weighted by molar-refractivity contribution is 5.68. The Balaban J connectivity index is 1.58. The van der Waals surface area contributed by atoms with E-state index in [4.69, 9.17) is 10.5 Å². The van der Waals surface area contributed by atoms with E-state index in [9.17, 15) is 4.79 Å². The van der Waals surface area contributed by atoms with Gasteiger partial charge in [0.15, 0.2) is 0 Å². The van der Waals surface area contributed by atoms with Crippen LogP contribution < -0.4 is 10.6 Å². The average molecular weight is 303 g/mol. The van der Waals surface area contributed by atoms with E-state index in [2.05, 4.69) is 17.0 Å². The van der Waals surface area contributed by atoms with Gasteiger partial charge < -0.3 is 20.3 Å². The topological polar surface area (TPSA) is 58.8 Å². The molecule has 3 rings (SSSR count). The molecule has 22 heavy (non-hydrogen) atoms. The van der Waals surface area contributed by atoms with Crippen LogP contribution in [-0.2, 0) is 4.74 Å². The summed E-state index contributed by atoms with van der Waals surface area (Å²) < 4.78 is 5.47. The number of carbonyl (C=O) groups is 1. The molecule has 2 aliphatic heterocycles. The van der Waals surface area contributed by atoms with Crippen LogP contribution in [0, 0.1) is 11.8 Å². The Bertz CT molecular complexity index is 536. The average Bonchev–Trinajstić information content (AvgIpc) is 2.95. The van der Waals surface area contributed by atoms with E-state index in [-0.39, 0.29) is 6.09 Å². The maximum Gasteiger partial charge on any atom is 0.410 e. The highest BCUT2D eigenvalue weighted by Crippen LogP contribution is 2.34. The summed E-state index contributed by atoms with van der Waals surface area (Å²) in [6, 6.07) is 8.02. The molecule has 2 heterocycles. The molecule has 5 heteroatoms. The van der Waals surface area contributed by atoms with Crippen LogP contribution in [0.4, 0.5) is 16.2 Å². The lowest BCUT2D eigenvalue weighted by Gasteiger charge is -2.26. The van der Waals surface area contributed by atoms with E-state index in [0.29, 0.717) is 11.8 Å². The molecule has 5 nitrogen and oxygen atoms in total. The Morgan fingerprint density at radius 2 is 1.64 bits per heavy atom. The first-order chi connectivity index (χ1) is 10.3. The number of anilines is 2. The molecule has 2 saturated heterocycles. The molecule has 0 aliphatic carbocycles. The van der Waals surface area contributed by atoms with Gasteiger partial charge in [-0.2, -0.15) is 0 Å². The number of hydrogen-bond donors (Lipinski definition) is 1. The van der Waals surface area contributed by atoms with Crippen molar-refractivity contribution in [3.8, 4) is 0 Å². The van der Waals surface area contributed by atoms with Crippen LogP contribution in [0.3, 0.4) is 0 Å². The molecule has 0 spiro atoms. The Labute approximate surface area is 132 Å². The van der Waals surface area contributed by atoms with Crippen molar-refractivity contribution in [1.82, 2.24) is 4.90 Å². The number of rotatable bonds is 1. The number of ether oxygens (including phenoxy) is 1. The molecule has 0 bridgehead atoms. The van der Waals surface area contributed by atoms with Crippen molar-refractivity contribution in [2.75, 3.05) is 36.8 Å². The van der Waals surface area contributed by atoms with Crippen molar-refractivity contribution in [3.05, 3.63) is 24.3 Å². The monoisotopic (exact) mass is 303 g/mol. The number of nitrogens with two attached hydrogens (primary N) is 1. The number of benzene rings is 1. The van der Waals surface area contributed by atoms with Gasteiger partial charge in [0.25, 0.3) is 0 Å². The number of carbonyl (C=O) groups excluding carboxylic acids is 1. The standard InChI is InChI=1S/C17H25N3O2/c1-17(2,3)22-16(21)20-10-12-8-19(9-13(12)11-20)15-6-4-14(18)5-7-15/h4-7,12-13H,8-11,18H2,1-3H3. The fourth-order valence-corrected chi connectivity index (χ4v) is 3.36. The lowest BCUT2D eigenvalue weighted by atomic mass is 10.0. The molecule has 1 aromatic carbocycles. The Morgan fingerprint density at radius 1 is 1.09 bits per heavy atom. The smallest absolute Gasteiger partial charge is 0.410 e. The molecule has 0 radical (unpaired) electrons. The van der Waals surface area contributed by atoms with Gasteiger partial charge in [-0.05, 0) is 45.0 Å². The van der Waals surface area contributed by atoms with E-state index in [0.717, 1.165) is 31.9 Å². The molecule has 1 amide bonds. The third-order valence-electron chi connectivity index (χ3n) is 4.40. The minimum absolute atomic E-state index is 0.180. The third kappa shape index (κ3) is 3.13. The van der Waals surface area contributed by atoms with E-state index in [1.54, 1.807) is 0 Å². The largest absolute Gasteiger partial charge is 0.444 e. The molecule has 0 aromatic heterocycles. The number of fused-ring (bicyclic) bond motifs is 1. The minimum atomic E-state index is -0.426. The molecular formula is C17H25N3O2. The van der Waals surface area contributed by atoms with Gasteiger partial charge in [0.1, 0.15) is 5.60 Å². The van der Waals surface area contributed by atoms with Crippen molar-refractivity contribution in [3.63, 3.8) is 0 Å². The van der Waals surface area contributed by atoms with Crippen molar-refractivity contribution in [2.45, 2.75) is 26.4 Å². The number of amides is 1. The maximum absolute atomic E-state index is 12.2. The molecule has 2 aliphatic rings. The van der Waals surface area contributed by atoms with Gasteiger partial charge in [-0.3, -0.25) is 0 Å². The first-order valence-electron chi connectivity index (χ1n) is 7.90. The van der Waals surface area contributed by atoms with Crippen LogP contribution in [0.1, 0.15) is 20.8 Å². The molecule has 120 valence electrons. The number of nitrogens with zero attached hydrogens (tertiary/aromatic N) is 2. The molecule has 0 saturated carbocycles. The van der Waals surface area contributed by atoms with Crippen LogP contribution in [0.25, 0.3) is 0 Å². The summed E-state index contributed by atoms with van der Waals surface area (Å²) in [5.41, 5.74) is 7.32. The van der Waals surface area contributed by atoms with E-state index in [1.165, 1.54) is 5.69 Å². The van der Waals surface area contributed by atoms with Gasteiger partial charge in [-0.1, -0.05) is 0 Å². The Hall–Kier alpha value is -1.91. The summed E-state index contributed by atoms with van der Waals surface area (Å²) in [5, 5.41) is 0. The second kappa shape index (κ2) is 5.38. The van der Waals surface area contributed by atoms with Crippen LogP contribution in [0.5, 0.6) is 0 Å². The van der Waals surface area contributed by atoms with Crippen LogP contribution in [0.15, 0.2) is 24.3 Å². The zero-order valence-electron chi connectivity index (χ0n) is 13.6. The second-order valence-electron chi connectivity index (χ2n) is 7.40. The van der Waals surface area contributed by atoms with Crippen molar-refractivity contribution in [2.24, 2.45) is 11.8 Å². The highest BCUT2D eigenvalue weighted by atomic mass is 16.6. The molecule has 2 N–H and O–H groups in total. The first-order valence-corrected chi connectivity index (χ1v) is 7.90. The lowest BCUT2D eigenvalue weighted by molar-refractivity contribution is 0.0282. The Morgan fingerprint density at radius 3 is 2.14 bits per heavy atom. The zero-order valence-corrected chi connectivity index (χ0v) is 13.6.